The third kappa shape index (κ3) is 8.83. The smallest absolute Gasteiger partial charge is 0.192 e. The Balaban J connectivity index is 2.13. The summed E-state index contributed by atoms with van der Waals surface area (Å²) in [7, 11) is -3.61. The molecule has 4 nitrogen and oxygen atoms in total. The van der Waals surface area contributed by atoms with Crippen molar-refractivity contribution in [3.8, 4) is 5.75 Å². The van der Waals surface area contributed by atoms with Crippen molar-refractivity contribution in [2.75, 3.05) is 13.2 Å². The number of aliphatic hydroxyl groups excluding tert-OH is 1. The Morgan fingerprint density at radius 1 is 1.03 bits per heavy atom. The maximum Gasteiger partial charge on any atom is 0.192 e. The third-order valence-corrected chi connectivity index (χ3v) is 18.0. The van der Waals surface area contributed by atoms with Gasteiger partial charge in [-0.2, -0.15) is 0 Å². The van der Waals surface area contributed by atoms with Gasteiger partial charge in [0.15, 0.2) is 16.6 Å². The maximum atomic E-state index is 9.59. The van der Waals surface area contributed by atoms with Crippen LogP contribution >= 0.6 is 0 Å². The SMILES string of the molecule is CC[Si](CC)(CC)OC1CC=C(CCC(COc2ccccc2)O[Si](C)(C)C(C)(C)C)C1CCCO. The topological polar surface area (TPSA) is 47.9 Å². The molecule has 2 rings (SSSR count). The van der Waals surface area contributed by atoms with Gasteiger partial charge in [0.1, 0.15) is 12.4 Å². The minimum absolute atomic E-state index is 0.0563. The Morgan fingerprint density at radius 3 is 2.22 bits per heavy atom. The molecule has 0 spiro atoms. The lowest BCUT2D eigenvalue weighted by Gasteiger charge is -2.39. The van der Waals surface area contributed by atoms with Crippen LogP contribution in [0.15, 0.2) is 42.0 Å². The molecule has 0 fully saturated rings. The largest absolute Gasteiger partial charge is 0.491 e. The van der Waals surface area contributed by atoms with E-state index >= 15 is 0 Å². The van der Waals surface area contributed by atoms with Crippen molar-refractivity contribution in [3.05, 3.63) is 42.0 Å². The second-order valence-corrected chi connectivity index (χ2v) is 21.5. The summed E-state index contributed by atoms with van der Waals surface area (Å²) in [5, 5.41) is 9.74. The van der Waals surface area contributed by atoms with E-state index < -0.39 is 16.6 Å². The van der Waals surface area contributed by atoms with Crippen LogP contribution in [0.2, 0.25) is 36.3 Å². The molecule has 1 aromatic carbocycles. The molecule has 1 aromatic rings. The van der Waals surface area contributed by atoms with Crippen molar-refractivity contribution in [1.29, 1.82) is 0 Å². The van der Waals surface area contributed by atoms with Crippen LogP contribution in [-0.2, 0) is 8.85 Å². The fourth-order valence-corrected chi connectivity index (χ4v) is 9.32. The predicted molar refractivity (Wildman–Crippen MR) is 158 cm³/mol. The predicted octanol–water partition coefficient (Wildman–Crippen LogP) is 8.35. The highest BCUT2D eigenvalue weighted by atomic mass is 28.4. The minimum atomic E-state index is -1.93. The molecule has 0 heterocycles. The fourth-order valence-electron chi connectivity index (χ4n) is 5.05. The molecule has 0 bridgehead atoms. The van der Waals surface area contributed by atoms with E-state index in [0.29, 0.717) is 12.5 Å². The third-order valence-electron chi connectivity index (χ3n) is 8.75. The molecule has 206 valence electrons. The van der Waals surface area contributed by atoms with Crippen molar-refractivity contribution in [2.45, 2.75) is 122 Å². The van der Waals surface area contributed by atoms with Gasteiger partial charge in [-0.25, -0.2) is 0 Å². The van der Waals surface area contributed by atoms with Crippen LogP contribution < -0.4 is 4.74 Å². The van der Waals surface area contributed by atoms with Gasteiger partial charge in [-0.15, -0.1) is 0 Å². The van der Waals surface area contributed by atoms with E-state index in [-0.39, 0.29) is 23.9 Å². The lowest BCUT2D eigenvalue weighted by atomic mass is 9.90. The molecular weight excluding hydrogens is 480 g/mol. The first kappa shape index (κ1) is 31.3. The summed E-state index contributed by atoms with van der Waals surface area (Å²) in [5.41, 5.74) is 1.50. The van der Waals surface area contributed by atoms with Crippen LogP contribution in [-0.4, -0.2) is 47.2 Å². The summed E-state index contributed by atoms with van der Waals surface area (Å²) < 4.78 is 20.1. The normalized spacial score (nSPS) is 19.9. The first-order valence-corrected chi connectivity index (χ1v) is 19.8. The number of rotatable bonds is 16. The van der Waals surface area contributed by atoms with E-state index in [1.165, 1.54) is 23.7 Å². The second-order valence-electron chi connectivity index (χ2n) is 12.0. The quantitative estimate of drug-likeness (QED) is 0.171. The molecule has 6 heteroatoms. The number of para-hydroxylation sites is 1. The lowest BCUT2D eigenvalue weighted by molar-refractivity contribution is 0.105. The summed E-state index contributed by atoms with van der Waals surface area (Å²) >= 11 is 0. The molecular formula is C30H54O4Si2. The lowest BCUT2D eigenvalue weighted by Crippen LogP contribution is -2.45. The van der Waals surface area contributed by atoms with Gasteiger partial charge in [0, 0.05) is 12.5 Å². The van der Waals surface area contributed by atoms with Gasteiger partial charge in [-0.3, -0.25) is 0 Å². The first-order valence-electron chi connectivity index (χ1n) is 14.3. The minimum Gasteiger partial charge on any atom is -0.491 e. The summed E-state index contributed by atoms with van der Waals surface area (Å²) in [6.07, 6.45) is 7.57. The molecule has 0 amide bonds. The second kappa shape index (κ2) is 14.3. The molecule has 1 aliphatic rings. The average Bonchev–Trinajstić information content (AvgIpc) is 3.23. The molecule has 0 radical (unpaired) electrons. The summed E-state index contributed by atoms with van der Waals surface area (Å²) in [5.74, 6) is 1.31. The van der Waals surface area contributed by atoms with E-state index in [9.17, 15) is 5.11 Å². The van der Waals surface area contributed by atoms with E-state index in [1.807, 2.05) is 30.3 Å². The van der Waals surface area contributed by atoms with E-state index in [0.717, 1.165) is 37.9 Å². The van der Waals surface area contributed by atoms with Gasteiger partial charge in [0.25, 0.3) is 0 Å². The highest BCUT2D eigenvalue weighted by molar-refractivity contribution is 6.74. The first-order chi connectivity index (χ1) is 17.0. The Bertz CT molecular complexity index is 776. The van der Waals surface area contributed by atoms with Crippen LogP contribution in [0.5, 0.6) is 5.75 Å². The standard InChI is InChI=1S/C30H54O4Si2/c1-9-36(10-2,11-3)34-29-22-20-25(28(29)18-15-23-31)19-21-27(33-35(7,8)30(4,5)6)24-32-26-16-13-12-14-17-26/h12-14,16-17,20,27-29,31H,9-11,15,18-19,21-24H2,1-8H3. The van der Waals surface area contributed by atoms with Gasteiger partial charge < -0.3 is 18.7 Å². The van der Waals surface area contributed by atoms with Gasteiger partial charge in [-0.05, 0) is 80.5 Å². The van der Waals surface area contributed by atoms with Crippen LogP contribution in [0.1, 0.15) is 73.6 Å². The number of hydrogen-bond acceptors (Lipinski definition) is 4. The van der Waals surface area contributed by atoms with E-state index in [4.69, 9.17) is 13.6 Å². The van der Waals surface area contributed by atoms with Gasteiger partial charge in [-0.1, -0.05) is 71.4 Å². The van der Waals surface area contributed by atoms with Crippen LogP contribution in [0, 0.1) is 5.92 Å². The highest BCUT2D eigenvalue weighted by Gasteiger charge is 2.40. The Hall–Kier alpha value is -0.926. The van der Waals surface area contributed by atoms with Crippen LogP contribution in [0.4, 0.5) is 0 Å². The molecule has 1 N–H and O–H groups in total. The van der Waals surface area contributed by atoms with E-state index in [2.05, 4.69) is 60.7 Å². The van der Waals surface area contributed by atoms with Gasteiger partial charge in [0.2, 0.25) is 0 Å². The molecule has 0 saturated carbocycles. The number of aliphatic hydroxyl groups is 1. The van der Waals surface area contributed by atoms with Gasteiger partial charge in [0.05, 0.1) is 12.2 Å². The zero-order valence-corrected chi connectivity index (χ0v) is 26.4. The molecule has 0 saturated heterocycles. The summed E-state index contributed by atoms with van der Waals surface area (Å²) in [6.45, 7) is 19.3. The number of ether oxygens (including phenoxy) is 1. The Morgan fingerprint density at radius 2 is 1.67 bits per heavy atom. The highest BCUT2D eigenvalue weighted by Crippen LogP contribution is 2.41. The average molecular weight is 535 g/mol. The zero-order chi connectivity index (χ0) is 26.8. The van der Waals surface area contributed by atoms with Crippen molar-refractivity contribution < 1.29 is 18.7 Å². The monoisotopic (exact) mass is 534 g/mol. The molecule has 36 heavy (non-hydrogen) atoms. The number of hydrogen-bond donors (Lipinski definition) is 1. The van der Waals surface area contributed by atoms with Crippen molar-refractivity contribution >= 4 is 16.6 Å². The Labute approximate surface area is 224 Å². The summed E-state index contributed by atoms with van der Waals surface area (Å²) in [6, 6.07) is 13.6. The number of benzene rings is 1. The van der Waals surface area contributed by atoms with Crippen LogP contribution in [0.25, 0.3) is 0 Å². The molecule has 3 unspecified atom stereocenters. The molecule has 0 aromatic heterocycles. The van der Waals surface area contributed by atoms with E-state index in [1.54, 1.807) is 0 Å². The summed E-state index contributed by atoms with van der Waals surface area (Å²) in [4.78, 5) is 0. The zero-order valence-electron chi connectivity index (χ0n) is 24.4. The van der Waals surface area contributed by atoms with Crippen molar-refractivity contribution in [2.24, 2.45) is 5.92 Å². The van der Waals surface area contributed by atoms with Crippen LogP contribution in [0.3, 0.4) is 0 Å². The van der Waals surface area contributed by atoms with Crippen molar-refractivity contribution in [3.63, 3.8) is 0 Å². The molecule has 0 aliphatic heterocycles. The molecule has 3 atom stereocenters. The maximum absolute atomic E-state index is 9.59. The molecule has 1 aliphatic carbocycles. The fraction of sp³-hybridized carbons (Fsp3) is 0.733. The van der Waals surface area contributed by atoms with Crippen molar-refractivity contribution in [1.82, 2.24) is 0 Å². The van der Waals surface area contributed by atoms with Gasteiger partial charge >= 0.3 is 0 Å². The Kier molecular flexibility index (Phi) is 12.4.